The molecule has 0 saturated heterocycles. The van der Waals surface area contributed by atoms with Gasteiger partial charge in [-0.15, -0.1) is 0 Å². The van der Waals surface area contributed by atoms with E-state index in [1.54, 1.807) is 21.0 Å². The summed E-state index contributed by atoms with van der Waals surface area (Å²) in [5, 5.41) is 0. The molecule has 0 heterocycles. The number of likely N-dealkylation sites (N-methyl/N-ethyl adjacent to an activating group) is 1. The largest absolute Gasteiger partial charge is 0.452 e. The van der Waals surface area contributed by atoms with Crippen molar-refractivity contribution in [2.24, 2.45) is 0 Å². The average molecular weight is 311 g/mol. The minimum atomic E-state index is -0.813. The monoisotopic (exact) mass is 311 g/mol. The summed E-state index contributed by atoms with van der Waals surface area (Å²) in [5.74, 6) is -1.21. The van der Waals surface area contributed by atoms with Gasteiger partial charge in [0.25, 0.3) is 5.91 Å². The van der Waals surface area contributed by atoms with Gasteiger partial charge in [-0.25, -0.2) is 0 Å². The lowest BCUT2D eigenvalue weighted by Gasteiger charge is -2.21. The molecule has 0 bridgehead atoms. The fourth-order valence-electron chi connectivity index (χ4n) is 2.41. The Balaban J connectivity index is 2.28. The highest BCUT2D eigenvalue weighted by Gasteiger charge is 2.28. The quantitative estimate of drug-likeness (QED) is 0.798. The summed E-state index contributed by atoms with van der Waals surface area (Å²) >= 11 is 0. The normalized spacial score (nSPS) is 11.8. The van der Waals surface area contributed by atoms with Crippen molar-refractivity contribution in [3.63, 3.8) is 0 Å². The molecule has 120 valence electrons. The van der Waals surface area contributed by atoms with Crippen molar-refractivity contribution in [2.75, 3.05) is 14.1 Å². The van der Waals surface area contributed by atoms with Gasteiger partial charge >= 0.3 is 5.97 Å². The zero-order chi connectivity index (χ0) is 16.8. The highest BCUT2D eigenvalue weighted by molar-refractivity contribution is 5.87. The van der Waals surface area contributed by atoms with E-state index in [0.717, 1.165) is 11.1 Å². The number of hydrogen-bond acceptors (Lipinski definition) is 3. The van der Waals surface area contributed by atoms with E-state index >= 15 is 0 Å². The first-order valence-electron chi connectivity index (χ1n) is 7.52. The van der Waals surface area contributed by atoms with Crippen molar-refractivity contribution in [1.82, 2.24) is 4.90 Å². The van der Waals surface area contributed by atoms with Crippen molar-refractivity contribution >= 4 is 11.9 Å². The Morgan fingerprint density at radius 3 is 1.70 bits per heavy atom. The van der Waals surface area contributed by atoms with Gasteiger partial charge in [0.1, 0.15) is 5.92 Å². The summed E-state index contributed by atoms with van der Waals surface area (Å²) < 4.78 is 5.41. The van der Waals surface area contributed by atoms with Gasteiger partial charge in [-0.2, -0.15) is 0 Å². The Bertz CT molecular complexity index is 613. The van der Waals surface area contributed by atoms with Crippen LogP contribution < -0.4 is 0 Å². The molecule has 2 aromatic rings. The second-order valence-corrected chi connectivity index (χ2v) is 5.57. The number of carbonyl (C=O) groups is 2. The van der Waals surface area contributed by atoms with Crippen LogP contribution in [0.25, 0.3) is 0 Å². The van der Waals surface area contributed by atoms with Gasteiger partial charge in [0.05, 0.1) is 0 Å². The molecule has 0 aliphatic rings. The fraction of sp³-hybridized carbons (Fsp3) is 0.263. The van der Waals surface area contributed by atoms with Crippen molar-refractivity contribution in [2.45, 2.75) is 18.9 Å². The number of carbonyl (C=O) groups excluding carboxylic acids is 2. The van der Waals surface area contributed by atoms with Gasteiger partial charge in [-0.05, 0) is 18.1 Å². The molecular formula is C19H21NO3. The average Bonchev–Trinajstić information content (AvgIpc) is 2.56. The molecule has 1 atom stereocenters. The first kappa shape index (κ1) is 16.7. The van der Waals surface area contributed by atoms with Gasteiger partial charge in [0.2, 0.25) is 0 Å². The van der Waals surface area contributed by atoms with E-state index in [2.05, 4.69) is 0 Å². The smallest absolute Gasteiger partial charge is 0.318 e. The van der Waals surface area contributed by atoms with Crippen LogP contribution in [0.1, 0.15) is 24.0 Å². The summed E-state index contributed by atoms with van der Waals surface area (Å²) in [4.78, 5) is 26.0. The third-order valence-electron chi connectivity index (χ3n) is 3.58. The molecule has 2 aromatic carbocycles. The molecular weight excluding hydrogens is 290 g/mol. The Kier molecular flexibility index (Phi) is 5.52. The van der Waals surface area contributed by atoms with E-state index in [1.807, 2.05) is 60.7 Å². The second kappa shape index (κ2) is 7.58. The number of amides is 1. The molecule has 0 radical (unpaired) electrons. The Labute approximate surface area is 136 Å². The summed E-state index contributed by atoms with van der Waals surface area (Å²) in [6.07, 6.45) is -0.813. The summed E-state index contributed by atoms with van der Waals surface area (Å²) in [6.45, 7) is 1.59. The SMILES string of the molecule is C[C@@H](OC(=O)C(c1ccccc1)c1ccccc1)C(=O)N(C)C. The molecule has 0 aliphatic heterocycles. The predicted molar refractivity (Wildman–Crippen MR) is 89.0 cm³/mol. The van der Waals surface area contributed by atoms with E-state index in [0.29, 0.717) is 0 Å². The number of esters is 1. The molecule has 0 N–H and O–H groups in total. The first-order valence-corrected chi connectivity index (χ1v) is 7.52. The van der Waals surface area contributed by atoms with Crippen LogP contribution in [0.2, 0.25) is 0 Å². The highest BCUT2D eigenvalue weighted by Crippen LogP contribution is 2.26. The number of hydrogen-bond donors (Lipinski definition) is 0. The molecule has 2 rings (SSSR count). The minimum absolute atomic E-state index is 0.238. The molecule has 4 nitrogen and oxygen atoms in total. The van der Waals surface area contributed by atoms with Crippen LogP contribution in [0, 0.1) is 0 Å². The second-order valence-electron chi connectivity index (χ2n) is 5.57. The topological polar surface area (TPSA) is 46.6 Å². The van der Waals surface area contributed by atoms with Crippen LogP contribution in [0.5, 0.6) is 0 Å². The minimum Gasteiger partial charge on any atom is -0.452 e. The summed E-state index contributed by atoms with van der Waals surface area (Å²) in [5.41, 5.74) is 1.68. The molecule has 0 fully saturated rings. The van der Waals surface area contributed by atoms with Crippen molar-refractivity contribution in [3.8, 4) is 0 Å². The Morgan fingerprint density at radius 1 is 0.870 bits per heavy atom. The third-order valence-corrected chi connectivity index (χ3v) is 3.58. The number of ether oxygens (including phenoxy) is 1. The molecule has 4 heteroatoms. The summed E-state index contributed by atoms with van der Waals surface area (Å²) in [7, 11) is 3.27. The van der Waals surface area contributed by atoms with Gasteiger partial charge in [-0.3, -0.25) is 9.59 Å². The highest BCUT2D eigenvalue weighted by atomic mass is 16.5. The maximum absolute atomic E-state index is 12.7. The number of nitrogens with zero attached hydrogens (tertiary/aromatic N) is 1. The molecule has 0 unspecified atom stereocenters. The summed E-state index contributed by atoms with van der Waals surface area (Å²) in [6, 6.07) is 18.9. The van der Waals surface area contributed by atoms with Crippen molar-refractivity contribution in [3.05, 3.63) is 71.8 Å². The van der Waals surface area contributed by atoms with Crippen molar-refractivity contribution in [1.29, 1.82) is 0 Å². The van der Waals surface area contributed by atoms with Crippen LogP contribution in [0.4, 0.5) is 0 Å². The van der Waals surface area contributed by atoms with Crippen LogP contribution in [0.15, 0.2) is 60.7 Å². The predicted octanol–water partition coefficient (Wildman–Crippen LogP) is 2.84. The number of rotatable bonds is 5. The van der Waals surface area contributed by atoms with Crippen LogP contribution in [-0.2, 0) is 14.3 Å². The van der Waals surface area contributed by atoms with E-state index in [4.69, 9.17) is 4.74 Å². The van der Waals surface area contributed by atoms with Gasteiger partial charge in [-0.1, -0.05) is 60.7 Å². The number of benzene rings is 2. The van der Waals surface area contributed by atoms with E-state index < -0.39 is 18.0 Å². The van der Waals surface area contributed by atoms with E-state index in [9.17, 15) is 9.59 Å². The Morgan fingerprint density at radius 2 is 1.30 bits per heavy atom. The standard InChI is InChI=1S/C19H21NO3/c1-14(18(21)20(2)3)23-19(22)17(15-10-6-4-7-11-15)16-12-8-5-9-13-16/h4-14,17H,1-3H3/t14-/m1/s1. The van der Waals surface area contributed by atoms with Crippen molar-refractivity contribution < 1.29 is 14.3 Å². The van der Waals surface area contributed by atoms with Gasteiger partial charge < -0.3 is 9.64 Å². The maximum atomic E-state index is 12.7. The lowest BCUT2D eigenvalue weighted by molar-refractivity contribution is -0.158. The van der Waals surface area contributed by atoms with E-state index in [-0.39, 0.29) is 5.91 Å². The molecule has 0 aliphatic carbocycles. The zero-order valence-electron chi connectivity index (χ0n) is 13.6. The Hall–Kier alpha value is -2.62. The molecule has 1 amide bonds. The fourth-order valence-corrected chi connectivity index (χ4v) is 2.41. The molecule has 0 spiro atoms. The van der Waals surface area contributed by atoms with E-state index in [1.165, 1.54) is 4.90 Å². The van der Waals surface area contributed by atoms with Gasteiger partial charge in [0, 0.05) is 14.1 Å². The van der Waals surface area contributed by atoms with Crippen LogP contribution in [-0.4, -0.2) is 37.0 Å². The lowest BCUT2D eigenvalue weighted by atomic mass is 9.91. The molecule has 23 heavy (non-hydrogen) atoms. The third kappa shape index (κ3) is 4.19. The van der Waals surface area contributed by atoms with Crippen LogP contribution in [0.3, 0.4) is 0 Å². The first-order chi connectivity index (χ1) is 11.0. The van der Waals surface area contributed by atoms with Gasteiger partial charge in [0.15, 0.2) is 6.10 Å². The molecule has 0 aromatic heterocycles. The zero-order valence-corrected chi connectivity index (χ0v) is 13.6. The maximum Gasteiger partial charge on any atom is 0.318 e. The van der Waals surface area contributed by atoms with Crippen LogP contribution >= 0.6 is 0 Å². The lowest BCUT2D eigenvalue weighted by Crippen LogP contribution is -2.36. The molecule has 0 saturated carbocycles.